The van der Waals surface area contributed by atoms with Crippen LogP contribution in [0.2, 0.25) is 0 Å². The Morgan fingerprint density at radius 2 is 2.00 bits per heavy atom. The van der Waals surface area contributed by atoms with Gasteiger partial charge in [0, 0.05) is 12.6 Å². The maximum Gasteiger partial charge on any atom is 0.252 e. The summed E-state index contributed by atoms with van der Waals surface area (Å²) in [5, 5.41) is 8.23. The summed E-state index contributed by atoms with van der Waals surface area (Å²) in [6.45, 7) is 3.76. The number of aryl methyl sites for hydroxylation is 2. The number of methoxy groups -OCH3 is 2. The van der Waals surface area contributed by atoms with E-state index in [0.29, 0.717) is 39.6 Å². The number of pyridine rings is 1. The van der Waals surface area contributed by atoms with Crippen molar-refractivity contribution < 1.29 is 18.7 Å². The van der Waals surface area contributed by atoms with Crippen molar-refractivity contribution in [3.8, 4) is 23.0 Å². The lowest BCUT2D eigenvalue weighted by Crippen LogP contribution is -2.27. The Labute approximate surface area is 179 Å². The predicted molar refractivity (Wildman–Crippen MR) is 116 cm³/mol. The normalized spacial score (nSPS) is 12.0. The zero-order valence-corrected chi connectivity index (χ0v) is 18.1. The molecule has 0 aliphatic heterocycles. The van der Waals surface area contributed by atoms with E-state index in [9.17, 15) is 4.79 Å². The van der Waals surface area contributed by atoms with E-state index in [2.05, 4.69) is 15.4 Å². The van der Waals surface area contributed by atoms with E-state index in [1.807, 2.05) is 38.1 Å². The molecule has 3 aromatic heterocycles. The molecule has 31 heavy (non-hydrogen) atoms. The van der Waals surface area contributed by atoms with Gasteiger partial charge in [-0.25, -0.2) is 4.98 Å². The lowest BCUT2D eigenvalue weighted by molar-refractivity contribution is 0.0941. The Bertz CT molecular complexity index is 1240. The molecule has 0 saturated heterocycles. The fourth-order valence-electron chi connectivity index (χ4n) is 3.70. The van der Waals surface area contributed by atoms with Crippen molar-refractivity contribution in [3.63, 3.8) is 0 Å². The van der Waals surface area contributed by atoms with E-state index in [4.69, 9.17) is 13.9 Å². The summed E-state index contributed by atoms with van der Waals surface area (Å²) in [6, 6.07) is 10.5. The zero-order chi connectivity index (χ0) is 22.1. The van der Waals surface area contributed by atoms with Gasteiger partial charge in [-0.3, -0.25) is 9.48 Å². The molecule has 1 atom stereocenters. The molecule has 0 aliphatic carbocycles. The average molecular weight is 420 g/mol. The van der Waals surface area contributed by atoms with Crippen LogP contribution in [-0.4, -0.2) is 34.9 Å². The Morgan fingerprint density at radius 1 is 1.19 bits per heavy atom. The molecule has 1 unspecified atom stereocenters. The summed E-state index contributed by atoms with van der Waals surface area (Å²) in [5.74, 6) is 1.69. The van der Waals surface area contributed by atoms with Crippen molar-refractivity contribution in [2.24, 2.45) is 7.05 Å². The Hall–Kier alpha value is -3.81. The Morgan fingerprint density at radius 3 is 2.68 bits per heavy atom. The van der Waals surface area contributed by atoms with E-state index >= 15 is 0 Å². The highest BCUT2D eigenvalue weighted by atomic mass is 16.5. The van der Waals surface area contributed by atoms with Gasteiger partial charge in [-0.15, -0.1) is 0 Å². The number of nitrogens with one attached hydrogen (secondary N) is 1. The molecule has 4 aromatic rings. The third kappa shape index (κ3) is 3.72. The SMILES string of the molecule is COc1ccc(OC)c(C(C)NC(=O)c2cc(-c3ccco3)nc3c2c(C)nn3C)c1. The summed E-state index contributed by atoms with van der Waals surface area (Å²) in [6.07, 6.45) is 1.58. The van der Waals surface area contributed by atoms with E-state index in [-0.39, 0.29) is 11.9 Å². The molecular weight excluding hydrogens is 396 g/mol. The smallest absolute Gasteiger partial charge is 0.252 e. The molecule has 0 aliphatic rings. The molecule has 8 heteroatoms. The minimum atomic E-state index is -0.329. The molecule has 8 nitrogen and oxygen atoms in total. The van der Waals surface area contributed by atoms with Crippen LogP contribution in [0.4, 0.5) is 0 Å². The third-order valence-corrected chi connectivity index (χ3v) is 5.24. The van der Waals surface area contributed by atoms with Gasteiger partial charge in [0.05, 0.1) is 43.2 Å². The van der Waals surface area contributed by atoms with Gasteiger partial charge >= 0.3 is 0 Å². The van der Waals surface area contributed by atoms with Gasteiger partial charge < -0.3 is 19.2 Å². The Kier molecular flexibility index (Phi) is 5.37. The number of benzene rings is 1. The number of ether oxygens (including phenoxy) is 2. The van der Waals surface area contributed by atoms with Crippen LogP contribution in [0.5, 0.6) is 11.5 Å². The summed E-state index contributed by atoms with van der Waals surface area (Å²) < 4.78 is 18.0. The standard InChI is InChI=1S/C23H24N4O4/c1-13(16-11-15(29-4)8-9-19(16)30-5)24-23(28)17-12-18(20-7-6-10-31-20)25-22-21(17)14(2)26-27(22)3/h6-13H,1-5H3,(H,24,28). The highest BCUT2D eigenvalue weighted by molar-refractivity contribution is 6.07. The fraction of sp³-hybridized carbons (Fsp3) is 0.261. The van der Waals surface area contributed by atoms with E-state index < -0.39 is 0 Å². The molecule has 0 bridgehead atoms. The highest BCUT2D eigenvalue weighted by Crippen LogP contribution is 2.31. The predicted octanol–water partition coefficient (Wildman–Crippen LogP) is 4.04. The topological polar surface area (TPSA) is 91.4 Å². The largest absolute Gasteiger partial charge is 0.497 e. The van der Waals surface area contributed by atoms with Crippen LogP contribution in [0.25, 0.3) is 22.5 Å². The first-order chi connectivity index (χ1) is 14.9. The number of aromatic nitrogens is 3. The molecule has 0 fully saturated rings. The van der Waals surface area contributed by atoms with Crippen molar-refractivity contribution >= 4 is 16.9 Å². The molecule has 0 radical (unpaired) electrons. The first-order valence-corrected chi connectivity index (χ1v) is 9.84. The van der Waals surface area contributed by atoms with Crippen molar-refractivity contribution in [2.45, 2.75) is 19.9 Å². The number of amides is 1. The van der Waals surface area contributed by atoms with Crippen molar-refractivity contribution in [2.75, 3.05) is 14.2 Å². The number of carbonyl (C=O) groups is 1. The van der Waals surface area contributed by atoms with E-state index in [0.717, 1.165) is 11.3 Å². The lowest BCUT2D eigenvalue weighted by Gasteiger charge is -2.19. The fourth-order valence-corrected chi connectivity index (χ4v) is 3.70. The second-order valence-corrected chi connectivity index (χ2v) is 7.24. The van der Waals surface area contributed by atoms with Crippen molar-refractivity contribution in [1.29, 1.82) is 0 Å². The second kappa shape index (κ2) is 8.14. The zero-order valence-electron chi connectivity index (χ0n) is 18.1. The lowest BCUT2D eigenvalue weighted by atomic mass is 10.0. The van der Waals surface area contributed by atoms with Crippen LogP contribution in [0, 0.1) is 6.92 Å². The molecule has 0 saturated carbocycles. The molecule has 1 N–H and O–H groups in total. The Balaban J connectivity index is 1.76. The van der Waals surface area contributed by atoms with Gasteiger partial charge in [0.2, 0.25) is 0 Å². The quantitative estimate of drug-likeness (QED) is 0.506. The van der Waals surface area contributed by atoms with Crippen LogP contribution in [0.15, 0.2) is 47.1 Å². The van der Waals surface area contributed by atoms with E-state index in [1.165, 1.54) is 0 Å². The van der Waals surface area contributed by atoms with Crippen LogP contribution in [0.3, 0.4) is 0 Å². The summed E-state index contributed by atoms with van der Waals surface area (Å²) in [5.41, 5.74) is 3.21. The average Bonchev–Trinajstić information content (AvgIpc) is 3.41. The van der Waals surface area contributed by atoms with Gasteiger partial charge in [-0.1, -0.05) is 0 Å². The van der Waals surface area contributed by atoms with Gasteiger partial charge in [0.1, 0.15) is 17.2 Å². The first kappa shape index (κ1) is 20.5. The van der Waals surface area contributed by atoms with Crippen LogP contribution >= 0.6 is 0 Å². The summed E-state index contributed by atoms with van der Waals surface area (Å²) in [4.78, 5) is 18.1. The minimum Gasteiger partial charge on any atom is -0.497 e. The third-order valence-electron chi connectivity index (χ3n) is 5.24. The molecule has 1 amide bonds. The van der Waals surface area contributed by atoms with Crippen LogP contribution < -0.4 is 14.8 Å². The molecule has 4 rings (SSSR count). The highest BCUT2D eigenvalue weighted by Gasteiger charge is 2.22. The molecule has 0 spiro atoms. The number of furan rings is 1. The van der Waals surface area contributed by atoms with Gasteiger partial charge in [0.15, 0.2) is 11.4 Å². The maximum atomic E-state index is 13.4. The van der Waals surface area contributed by atoms with Crippen LogP contribution in [-0.2, 0) is 7.05 Å². The number of carbonyl (C=O) groups excluding carboxylic acids is 1. The van der Waals surface area contributed by atoms with Gasteiger partial charge in [-0.2, -0.15) is 5.10 Å². The van der Waals surface area contributed by atoms with E-state index in [1.54, 1.807) is 44.3 Å². The minimum absolute atomic E-state index is 0.242. The molecule has 160 valence electrons. The summed E-state index contributed by atoms with van der Waals surface area (Å²) in [7, 11) is 5.00. The van der Waals surface area contributed by atoms with Crippen molar-refractivity contribution in [3.05, 3.63) is 59.5 Å². The maximum absolute atomic E-state index is 13.4. The first-order valence-electron chi connectivity index (χ1n) is 9.84. The van der Waals surface area contributed by atoms with Crippen molar-refractivity contribution in [1.82, 2.24) is 20.1 Å². The number of hydrogen-bond acceptors (Lipinski definition) is 6. The van der Waals surface area contributed by atoms with Gasteiger partial charge in [0.25, 0.3) is 5.91 Å². The second-order valence-electron chi connectivity index (χ2n) is 7.24. The number of rotatable bonds is 6. The molecule has 3 heterocycles. The monoisotopic (exact) mass is 420 g/mol. The summed E-state index contributed by atoms with van der Waals surface area (Å²) >= 11 is 0. The number of nitrogens with zero attached hydrogens (tertiary/aromatic N) is 3. The molecule has 1 aromatic carbocycles. The number of hydrogen-bond donors (Lipinski definition) is 1. The number of fused-ring (bicyclic) bond motifs is 1. The molecular formula is C23H24N4O4. The van der Waals surface area contributed by atoms with Crippen LogP contribution in [0.1, 0.15) is 34.6 Å². The van der Waals surface area contributed by atoms with Gasteiger partial charge in [-0.05, 0) is 50.2 Å².